The van der Waals surface area contributed by atoms with Crippen molar-refractivity contribution in [3.63, 3.8) is 0 Å². The molecule has 4 heteroatoms. The second-order valence-corrected chi connectivity index (χ2v) is 5.61. The molecule has 1 atom stereocenters. The topological polar surface area (TPSA) is 51.0 Å². The largest absolute Gasteiger partial charge is 0.339 e. The van der Waals surface area contributed by atoms with E-state index < -0.39 is 0 Å². The number of aryl methyl sites for hydroxylation is 1. The van der Waals surface area contributed by atoms with Crippen molar-refractivity contribution in [3.8, 4) is 0 Å². The highest BCUT2D eigenvalue weighted by Gasteiger charge is 2.16. The molecule has 0 amide bonds. The van der Waals surface area contributed by atoms with Crippen LogP contribution in [0.1, 0.15) is 36.7 Å². The van der Waals surface area contributed by atoms with E-state index in [9.17, 15) is 0 Å². The van der Waals surface area contributed by atoms with Gasteiger partial charge in [0.1, 0.15) is 0 Å². The van der Waals surface area contributed by atoms with E-state index >= 15 is 0 Å². The Hall–Kier alpha value is -1.68. The Morgan fingerprint density at radius 3 is 2.75 bits per heavy atom. The number of hydrogen-bond donors (Lipinski definition) is 1. The summed E-state index contributed by atoms with van der Waals surface area (Å²) in [6.07, 6.45) is 1.49. The zero-order chi connectivity index (χ0) is 14.5. The quantitative estimate of drug-likeness (QED) is 0.879. The van der Waals surface area contributed by atoms with Crippen molar-refractivity contribution in [2.45, 2.75) is 39.7 Å². The minimum Gasteiger partial charge on any atom is -0.339 e. The minimum atomic E-state index is 0.363. The van der Waals surface area contributed by atoms with E-state index in [2.05, 4.69) is 60.5 Å². The van der Waals surface area contributed by atoms with Crippen molar-refractivity contribution in [1.82, 2.24) is 15.5 Å². The normalized spacial score (nSPS) is 12.8. The summed E-state index contributed by atoms with van der Waals surface area (Å²) in [6, 6.07) is 8.75. The van der Waals surface area contributed by atoms with Crippen LogP contribution in [-0.2, 0) is 12.8 Å². The van der Waals surface area contributed by atoms with Crippen LogP contribution in [0.5, 0.6) is 0 Å². The maximum Gasteiger partial charge on any atom is 0.228 e. The van der Waals surface area contributed by atoms with Gasteiger partial charge in [-0.05, 0) is 25.5 Å². The number of aromatic nitrogens is 2. The molecule has 0 spiro atoms. The first-order valence-corrected chi connectivity index (χ1v) is 7.12. The van der Waals surface area contributed by atoms with Gasteiger partial charge in [0, 0.05) is 18.9 Å². The van der Waals surface area contributed by atoms with Crippen molar-refractivity contribution in [2.75, 3.05) is 7.05 Å². The standard InChI is InChI=1S/C16H23N3O/c1-11(2)14(17-4)10-16-18-15(19-20-16)9-13-7-5-6-12(3)8-13/h5-8,11,14,17H,9-10H2,1-4H3. The zero-order valence-corrected chi connectivity index (χ0v) is 12.7. The molecule has 2 rings (SSSR count). The van der Waals surface area contributed by atoms with E-state index in [-0.39, 0.29) is 0 Å². The molecule has 20 heavy (non-hydrogen) atoms. The molecule has 4 nitrogen and oxygen atoms in total. The zero-order valence-electron chi connectivity index (χ0n) is 12.7. The lowest BCUT2D eigenvalue weighted by Gasteiger charge is -2.17. The molecule has 0 fully saturated rings. The third kappa shape index (κ3) is 3.90. The summed E-state index contributed by atoms with van der Waals surface area (Å²) >= 11 is 0. The summed E-state index contributed by atoms with van der Waals surface area (Å²) in [7, 11) is 1.97. The fraction of sp³-hybridized carbons (Fsp3) is 0.500. The van der Waals surface area contributed by atoms with Crippen LogP contribution in [0, 0.1) is 12.8 Å². The number of likely N-dealkylation sites (N-methyl/N-ethyl adjacent to an activating group) is 1. The first-order valence-electron chi connectivity index (χ1n) is 7.12. The maximum atomic E-state index is 5.35. The molecule has 1 N–H and O–H groups in total. The third-order valence-corrected chi connectivity index (χ3v) is 3.52. The molecule has 0 saturated heterocycles. The van der Waals surface area contributed by atoms with Crippen molar-refractivity contribution < 1.29 is 4.52 Å². The maximum absolute atomic E-state index is 5.35. The van der Waals surface area contributed by atoms with Crippen molar-refractivity contribution in [3.05, 3.63) is 47.1 Å². The monoisotopic (exact) mass is 273 g/mol. The van der Waals surface area contributed by atoms with Gasteiger partial charge >= 0.3 is 0 Å². The molecule has 2 aromatic rings. The number of nitrogens with zero attached hydrogens (tertiary/aromatic N) is 2. The average molecular weight is 273 g/mol. The first-order chi connectivity index (χ1) is 9.58. The Labute approximate surface area is 120 Å². The molecule has 0 bridgehead atoms. The molecule has 108 valence electrons. The number of nitrogens with one attached hydrogen (secondary N) is 1. The van der Waals surface area contributed by atoms with Gasteiger partial charge in [0.15, 0.2) is 5.82 Å². The second-order valence-electron chi connectivity index (χ2n) is 5.61. The van der Waals surface area contributed by atoms with Gasteiger partial charge in [-0.1, -0.05) is 48.8 Å². The highest BCUT2D eigenvalue weighted by atomic mass is 16.5. The molecule has 0 aliphatic rings. The summed E-state index contributed by atoms with van der Waals surface area (Å²) in [6.45, 7) is 6.46. The Morgan fingerprint density at radius 2 is 2.10 bits per heavy atom. The predicted octanol–water partition coefficient (Wildman–Crippen LogP) is 2.76. The van der Waals surface area contributed by atoms with Crippen LogP contribution in [0.3, 0.4) is 0 Å². The summed E-state index contributed by atoms with van der Waals surface area (Å²) in [5, 5.41) is 7.36. The van der Waals surface area contributed by atoms with Gasteiger partial charge in [0.05, 0.1) is 0 Å². The van der Waals surface area contributed by atoms with Crippen molar-refractivity contribution >= 4 is 0 Å². The van der Waals surface area contributed by atoms with Gasteiger partial charge in [-0.15, -0.1) is 0 Å². The Balaban J connectivity index is 2.02. The van der Waals surface area contributed by atoms with Gasteiger partial charge in [-0.25, -0.2) is 0 Å². The Morgan fingerprint density at radius 1 is 1.30 bits per heavy atom. The van der Waals surface area contributed by atoms with Crippen LogP contribution < -0.4 is 5.32 Å². The molecule has 0 aliphatic heterocycles. The number of benzene rings is 1. The van der Waals surface area contributed by atoms with Gasteiger partial charge < -0.3 is 9.84 Å². The van der Waals surface area contributed by atoms with Crippen LogP contribution in [0.2, 0.25) is 0 Å². The lowest BCUT2D eigenvalue weighted by Crippen LogP contribution is -2.32. The van der Waals surface area contributed by atoms with Gasteiger partial charge in [-0.2, -0.15) is 4.98 Å². The van der Waals surface area contributed by atoms with E-state index in [1.54, 1.807) is 0 Å². The highest BCUT2D eigenvalue weighted by Crippen LogP contribution is 2.12. The predicted molar refractivity (Wildman–Crippen MR) is 79.7 cm³/mol. The smallest absolute Gasteiger partial charge is 0.228 e. The lowest BCUT2D eigenvalue weighted by atomic mass is 10.0. The van der Waals surface area contributed by atoms with Crippen LogP contribution in [0.15, 0.2) is 28.8 Å². The van der Waals surface area contributed by atoms with Gasteiger partial charge in [-0.3, -0.25) is 0 Å². The lowest BCUT2D eigenvalue weighted by molar-refractivity contribution is 0.333. The third-order valence-electron chi connectivity index (χ3n) is 3.52. The summed E-state index contributed by atoms with van der Waals surface area (Å²) in [5.41, 5.74) is 2.47. The molecular formula is C16H23N3O. The van der Waals surface area contributed by atoms with Crippen LogP contribution in [0.4, 0.5) is 0 Å². The fourth-order valence-electron chi connectivity index (χ4n) is 2.31. The molecule has 0 saturated carbocycles. The summed E-state index contributed by atoms with van der Waals surface area (Å²) < 4.78 is 5.35. The average Bonchev–Trinajstić information content (AvgIpc) is 2.83. The van der Waals surface area contributed by atoms with Gasteiger partial charge in [0.2, 0.25) is 5.89 Å². The molecule has 1 unspecified atom stereocenters. The van der Waals surface area contributed by atoms with E-state index in [1.807, 2.05) is 7.05 Å². The van der Waals surface area contributed by atoms with Crippen LogP contribution >= 0.6 is 0 Å². The molecular weight excluding hydrogens is 250 g/mol. The Bertz CT molecular complexity index is 548. The van der Waals surface area contributed by atoms with Crippen LogP contribution in [-0.4, -0.2) is 23.2 Å². The molecule has 1 heterocycles. The van der Waals surface area contributed by atoms with Gasteiger partial charge in [0.25, 0.3) is 0 Å². The van der Waals surface area contributed by atoms with E-state index in [1.165, 1.54) is 11.1 Å². The molecule has 1 aromatic heterocycles. The highest BCUT2D eigenvalue weighted by molar-refractivity contribution is 5.24. The number of rotatable bonds is 6. The fourth-order valence-corrected chi connectivity index (χ4v) is 2.31. The van der Waals surface area contributed by atoms with Crippen molar-refractivity contribution in [2.24, 2.45) is 5.92 Å². The summed E-state index contributed by atoms with van der Waals surface area (Å²) in [5.74, 6) is 2.00. The molecule has 1 aromatic carbocycles. The van der Waals surface area contributed by atoms with E-state index in [0.29, 0.717) is 17.9 Å². The minimum absolute atomic E-state index is 0.363. The SMILES string of the molecule is CNC(Cc1nc(Cc2cccc(C)c2)no1)C(C)C. The Kier molecular flexibility index (Phi) is 4.90. The van der Waals surface area contributed by atoms with E-state index in [0.717, 1.165) is 18.7 Å². The molecule has 0 radical (unpaired) electrons. The first kappa shape index (κ1) is 14.7. The second kappa shape index (κ2) is 6.66. The van der Waals surface area contributed by atoms with Crippen molar-refractivity contribution in [1.29, 1.82) is 0 Å². The molecule has 0 aliphatic carbocycles. The van der Waals surface area contributed by atoms with Crippen LogP contribution in [0.25, 0.3) is 0 Å². The number of hydrogen-bond acceptors (Lipinski definition) is 4. The summed E-state index contributed by atoms with van der Waals surface area (Å²) in [4.78, 5) is 4.49. The van der Waals surface area contributed by atoms with E-state index in [4.69, 9.17) is 4.52 Å².